The van der Waals surface area contributed by atoms with Gasteiger partial charge < -0.3 is 63.6 Å². The number of benzene rings is 1. The molecule has 1 aromatic carbocycles. The third-order valence-electron chi connectivity index (χ3n) is 9.11. The van der Waals surface area contributed by atoms with Crippen molar-refractivity contribution in [3.63, 3.8) is 0 Å². The van der Waals surface area contributed by atoms with Crippen LogP contribution in [0.1, 0.15) is 79.5 Å². The Morgan fingerprint density at radius 1 is 1.00 bits per heavy atom. The molecule has 1 saturated heterocycles. The van der Waals surface area contributed by atoms with Gasteiger partial charge in [-0.3, -0.25) is 29.0 Å². The summed E-state index contributed by atoms with van der Waals surface area (Å²) in [4.78, 5) is 112. The summed E-state index contributed by atoms with van der Waals surface area (Å²) >= 11 is 1.09. The minimum Gasteiger partial charge on any atom is -0.508 e. The van der Waals surface area contributed by atoms with E-state index in [0.717, 1.165) is 18.4 Å². The fourth-order valence-corrected chi connectivity index (χ4v) is 6.93. The molecule has 2 heterocycles. The van der Waals surface area contributed by atoms with Gasteiger partial charge in [0.25, 0.3) is 11.8 Å². The number of hydrogen-bond acceptors (Lipinski definition) is 13. The largest absolute Gasteiger partial charge is 0.508 e. The van der Waals surface area contributed by atoms with Crippen molar-refractivity contribution in [1.82, 2.24) is 36.5 Å². The lowest BCUT2D eigenvalue weighted by Crippen LogP contribution is -2.54. The molecule has 60 heavy (non-hydrogen) atoms. The van der Waals surface area contributed by atoms with E-state index in [1.807, 2.05) is 0 Å². The molecular formula is C37H51N11O11S. The Morgan fingerprint density at radius 2 is 1.70 bits per heavy atom. The Labute approximate surface area is 348 Å². The average molecular weight is 858 g/mol. The Balaban J connectivity index is 1.69. The van der Waals surface area contributed by atoms with Gasteiger partial charge >= 0.3 is 18.0 Å². The number of likely N-dealkylation sites (tertiary alicyclic amines) is 1. The SMILES string of the molecule is C/C=C(\NC(=O)N[C@@H](Cc1ccc(O)cc1)C(=O)OC)C(=O)N[C@@H](C)C(=O)N[C@@H](CCCN=C(N)N)C(=O)N1CCC[C@H]1c1nc(C(=O)N[C@@H](CCC(N)=O)C(=O)O)cs1. The number of nitrogens with two attached hydrogens (primary N) is 3. The van der Waals surface area contributed by atoms with E-state index in [2.05, 4.69) is 36.6 Å². The summed E-state index contributed by atoms with van der Waals surface area (Å²) in [6.45, 7) is 3.26. The van der Waals surface area contributed by atoms with Crippen LogP contribution < -0.4 is 43.8 Å². The molecule has 0 aliphatic carbocycles. The maximum atomic E-state index is 14.1. The van der Waals surface area contributed by atoms with Crippen molar-refractivity contribution in [3.05, 3.63) is 57.7 Å². The van der Waals surface area contributed by atoms with Crippen molar-refractivity contribution in [2.24, 2.45) is 22.2 Å². The number of carboxylic acids is 1. The maximum absolute atomic E-state index is 14.1. The zero-order valence-corrected chi connectivity index (χ0v) is 34.1. The number of esters is 1. The van der Waals surface area contributed by atoms with Crippen LogP contribution in [0.3, 0.4) is 0 Å². The highest BCUT2D eigenvalue weighted by molar-refractivity contribution is 7.09. The number of urea groups is 1. The van der Waals surface area contributed by atoms with Crippen LogP contribution in [0.15, 0.2) is 46.4 Å². The quantitative estimate of drug-likeness (QED) is 0.0237. The number of nitrogens with one attached hydrogen (secondary N) is 5. The van der Waals surface area contributed by atoms with Gasteiger partial charge in [-0.2, -0.15) is 0 Å². The molecule has 2 aromatic rings. The third-order valence-corrected chi connectivity index (χ3v) is 10.1. The summed E-state index contributed by atoms with van der Waals surface area (Å²) in [6, 6.07) is -0.438. The first kappa shape index (κ1) is 47.6. The molecule has 1 aliphatic heterocycles. The lowest BCUT2D eigenvalue weighted by Gasteiger charge is -2.29. The van der Waals surface area contributed by atoms with E-state index in [0.29, 0.717) is 23.4 Å². The van der Waals surface area contributed by atoms with Crippen LogP contribution in [-0.2, 0) is 39.9 Å². The molecule has 326 valence electrons. The molecule has 0 spiro atoms. The number of amides is 7. The van der Waals surface area contributed by atoms with Crippen LogP contribution >= 0.6 is 11.3 Å². The summed E-state index contributed by atoms with van der Waals surface area (Å²) < 4.78 is 4.80. The summed E-state index contributed by atoms with van der Waals surface area (Å²) in [5, 5.41) is 33.2. The number of methoxy groups -OCH3 is 1. The number of guanidine groups is 1. The number of aliphatic imine (C=N–C) groups is 1. The number of carbonyl (C=O) groups excluding carboxylic acids is 7. The van der Waals surface area contributed by atoms with E-state index in [-0.39, 0.29) is 68.3 Å². The van der Waals surface area contributed by atoms with E-state index >= 15 is 0 Å². The number of rotatable bonds is 21. The van der Waals surface area contributed by atoms with Crippen molar-refractivity contribution >= 4 is 64.8 Å². The van der Waals surface area contributed by atoms with Crippen molar-refractivity contribution in [1.29, 1.82) is 0 Å². The zero-order valence-electron chi connectivity index (χ0n) is 33.3. The number of nitrogens with zero attached hydrogens (tertiary/aromatic N) is 3. The van der Waals surface area contributed by atoms with Crippen LogP contribution in [0.5, 0.6) is 5.75 Å². The number of carbonyl (C=O) groups is 8. The lowest BCUT2D eigenvalue weighted by atomic mass is 10.1. The fourth-order valence-electron chi connectivity index (χ4n) is 5.99. The van der Waals surface area contributed by atoms with E-state index in [4.69, 9.17) is 21.9 Å². The number of aromatic nitrogens is 1. The number of thiazole rings is 1. The summed E-state index contributed by atoms with van der Waals surface area (Å²) in [5.74, 6) is -5.86. The number of phenols is 1. The number of allylic oxidation sites excluding steroid dienone is 1. The molecule has 0 saturated carbocycles. The fraction of sp³-hybridized carbons (Fsp3) is 0.459. The molecule has 1 aromatic heterocycles. The Hall–Kier alpha value is -6.78. The number of aromatic hydroxyl groups is 1. The topological polar surface area (TPSA) is 353 Å². The monoisotopic (exact) mass is 857 g/mol. The van der Waals surface area contributed by atoms with E-state index in [1.54, 1.807) is 12.1 Å². The number of ether oxygens (including phenoxy) is 1. The van der Waals surface area contributed by atoms with Gasteiger partial charge in [0.1, 0.15) is 46.3 Å². The Bertz CT molecular complexity index is 1950. The molecule has 7 amide bonds. The minimum absolute atomic E-state index is 0.0107. The van der Waals surface area contributed by atoms with Crippen molar-refractivity contribution in [2.45, 2.75) is 89.0 Å². The highest BCUT2D eigenvalue weighted by Gasteiger charge is 2.37. The molecule has 0 radical (unpaired) electrons. The second kappa shape index (κ2) is 23.0. The van der Waals surface area contributed by atoms with Crippen LogP contribution in [0.2, 0.25) is 0 Å². The molecule has 22 nitrogen and oxygen atoms in total. The van der Waals surface area contributed by atoms with Gasteiger partial charge in [0.2, 0.25) is 17.7 Å². The van der Waals surface area contributed by atoms with Gasteiger partial charge in [-0.15, -0.1) is 11.3 Å². The normalized spacial score (nSPS) is 15.6. The number of hydrogen-bond donors (Lipinski definition) is 10. The molecule has 1 fully saturated rings. The predicted molar refractivity (Wildman–Crippen MR) is 216 cm³/mol. The number of primary amides is 1. The number of carboxylic acid groups (broad SMARTS) is 1. The highest BCUT2D eigenvalue weighted by Crippen LogP contribution is 2.34. The standard InChI is InChI=1S/C37H51N11O11S/c1-4-22(46-37(58)47-25(35(57)59-3)17-20-9-11-21(49)12-10-20)30(52)42-19(2)29(51)43-23(7-5-15-41-36(39)40)33(54)48-16-6-8-27(48)32-45-26(18-60-32)31(53)44-24(34(55)56)13-14-28(38)50/h4,9-12,18-19,23-25,27,49H,5-8,13-17H2,1-3H3,(H2,38,50)(H,42,52)(H,43,51)(H,44,53)(H,55,56)(H4,39,40,41)(H2,46,47,58)/b22-4-/t19-,23-,24-,25-,27-/m0/s1. The first-order valence-corrected chi connectivity index (χ1v) is 19.7. The van der Waals surface area contributed by atoms with Crippen LogP contribution in [0.4, 0.5) is 4.79 Å². The smallest absolute Gasteiger partial charge is 0.328 e. The van der Waals surface area contributed by atoms with Gasteiger partial charge in [0.15, 0.2) is 5.96 Å². The van der Waals surface area contributed by atoms with Crippen LogP contribution in [0.25, 0.3) is 0 Å². The second-order valence-corrected chi connectivity index (χ2v) is 14.5. The van der Waals surface area contributed by atoms with E-state index in [9.17, 15) is 48.6 Å². The molecule has 5 atom stereocenters. The molecule has 0 unspecified atom stereocenters. The summed E-state index contributed by atoms with van der Waals surface area (Å²) in [5.41, 5.74) is 16.3. The Morgan fingerprint density at radius 3 is 2.32 bits per heavy atom. The first-order valence-electron chi connectivity index (χ1n) is 18.8. The van der Waals surface area contributed by atoms with Gasteiger partial charge in [-0.25, -0.2) is 19.4 Å². The summed E-state index contributed by atoms with van der Waals surface area (Å²) in [6.07, 6.45) is 2.21. The Kier molecular flexibility index (Phi) is 18.2. The van der Waals surface area contributed by atoms with Gasteiger partial charge in [0.05, 0.1) is 13.2 Å². The second-order valence-electron chi connectivity index (χ2n) is 13.6. The van der Waals surface area contributed by atoms with Gasteiger partial charge in [-0.1, -0.05) is 18.2 Å². The maximum Gasteiger partial charge on any atom is 0.328 e. The third kappa shape index (κ3) is 14.6. The molecule has 13 N–H and O–H groups in total. The molecular weight excluding hydrogens is 807 g/mol. The lowest BCUT2D eigenvalue weighted by molar-refractivity contribution is -0.143. The number of phenolic OH excluding ortho intramolecular Hbond substituents is 1. The van der Waals surface area contributed by atoms with E-state index in [1.165, 1.54) is 42.3 Å². The predicted octanol–water partition coefficient (Wildman–Crippen LogP) is -1.01. The van der Waals surface area contributed by atoms with E-state index < -0.39 is 77.7 Å². The molecule has 0 bridgehead atoms. The van der Waals surface area contributed by atoms with Crippen molar-refractivity contribution < 1.29 is 53.3 Å². The van der Waals surface area contributed by atoms with Crippen LogP contribution in [0, 0.1) is 0 Å². The summed E-state index contributed by atoms with van der Waals surface area (Å²) in [7, 11) is 1.15. The van der Waals surface area contributed by atoms with Gasteiger partial charge in [-0.05, 0) is 63.6 Å². The van der Waals surface area contributed by atoms with Crippen molar-refractivity contribution in [2.75, 3.05) is 20.2 Å². The van der Waals surface area contributed by atoms with Crippen molar-refractivity contribution in [3.8, 4) is 5.75 Å². The average Bonchev–Trinajstić information content (AvgIpc) is 3.90. The minimum atomic E-state index is -1.38. The first-order chi connectivity index (χ1) is 28.4. The zero-order chi connectivity index (χ0) is 44.5. The molecule has 3 rings (SSSR count). The van der Waals surface area contributed by atoms with Crippen LogP contribution in [-0.4, -0.2) is 118 Å². The van der Waals surface area contributed by atoms with Gasteiger partial charge in [0, 0.05) is 31.3 Å². The number of aliphatic carboxylic acids is 1. The molecule has 1 aliphatic rings. The highest BCUT2D eigenvalue weighted by atomic mass is 32.1. The molecule has 23 heteroatoms.